The van der Waals surface area contributed by atoms with Crippen molar-refractivity contribution in [1.29, 1.82) is 0 Å². The summed E-state index contributed by atoms with van der Waals surface area (Å²) in [6.45, 7) is 2.70. The highest BCUT2D eigenvalue weighted by molar-refractivity contribution is 5.79. The van der Waals surface area contributed by atoms with Gasteiger partial charge in [-0.2, -0.15) is 0 Å². The maximum absolute atomic E-state index is 11.2. The fourth-order valence-corrected chi connectivity index (χ4v) is 2.89. The Morgan fingerprint density at radius 1 is 1.31 bits per heavy atom. The number of fused-ring (bicyclic) bond motifs is 1. The van der Waals surface area contributed by atoms with E-state index in [-0.39, 0.29) is 11.9 Å². The highest BCUT2D eigenvalue weighted by Crippen LogP contribution is 2.22. The van der Waals surface area contributed by atoms with Gasteiger partial charge in [-0.05, 0) is 43.3 Å². The Bertz CT molecular complexity index is 922. The van der Waals surface area contributed by atoms with Crippen molar-refractivity contribution in [1.82, 2.24) is 19.4 Å². The molecule has 0 N–H and O–H groups in total. The van der Waals surface area contributed by atoms with Gasteiger partial charge in [-0.25, -0.2) is 9.55 Å². The van der Waals surface area contributed by atoms with Crippen LogP contribution in [-0.2, 0) is 6.54 Å². The monoisotopic (exact) mass is 355 g/mol. The van der Waals surface area contributed by atoms with Crippen molar-refractivity contribution >= 4 is 16.7 Å². The molecule has 0 bridgehead atoms. The maximum Gasteiger partial charge on any atom is 0.342 e. The first-order valence-electron chi connectivity index (χ1n) is 8.26. The molecule has 0 spiro atoms. The standard InChI is InChI=1S/C18H21N5O3/c1-13-20-10-18(23(24)25)22(13)12-16(11-21(2)3)26-15-6-7-17-14(9-15)5-4-8-19-17/h4-10,16H,11-12H2,1-3H3. The largest absolute Gasteiger partial charge is 0.485 e. The van der Waals surface area contributed by atoms with Crippen molar-refractivity contribution in [3.8, 4) is 5.75 Å². The zero-order valence-corrected chi connectivity index (χ0v) is 15.0. The molecule has 0 radical (unpaired) electrons. The molecule has 3 aromatic rings. The summed E-state index contributed by atoms with van der Waals surface area (Å²) in [5, 5.41) is 12.2. The fraction of sp³-hybridized carbons (Fsp3) is 0.333. The van der Waals surface area contributed by atoms with Crippen LogP contribution in [0, 0.1) is 17.0 Å². The normalized spacial score (nSPS) is 12.5. The van der Waals surface area contributed by atoms with Crippen LogP contribution in [0.2, 0.25) is 0 Å². The van der Waals surface area contributed by atoms with E-state index in [1.54, 1.807) is 17.7 Å². The van der Waals surface area contributed by atoms with Crippen molar-refractivity contribution in [2.45, 2.75) is 19.6 Å². The fourth-order valence-electron chi connectivity index (χ4n) is 2.89. The number of aromatic nitrogens is 3. The minimum Gasteiger partial charge on any atom is -0.485 e. The summed E-state index contributed by atoms with van der Waals surface area (Å²) >= 11 is 0. The summed E-state index contributed by atoms with van der Waals surface area (Å²) in [4.78, 5) is 21.2. The zero-order chi connectivity index (χ0) is 18.7. The number of nitro groups is 1. The van der Waals surface area contributed by atoms with E-state index in [2.05, 4.69) is 9.97 Å². The average molecular weight is 355 g/mol. The summed E-state index contributed by atoms with van der Waals surface area (Å²) < 4.78 is 7.74. The van der Waals surface area contributed by atoms with E-state index in [1.807, 2.05) is 49.3 Å². The molecule has 8 heteroatoms. The number of pyridine rings is 1. The van der Waals surface area contributed by atoms with Crippen LogP contribution in [0.15, 0.2) is 42.7 Å². The number of nitrogens with zero attached hydrogens (tertiary/aromatic N) is 5. The summed E-state index contributed by atoms with van der Waals surface area (Å²) in [6.07, 6.45) is 2.76. The van der Waals surface area contributed by atoms with Crippen LogP contribution in [0.1, 0.15) is 5.82 Å². The smallest absolute Gasteiger partial charge is 0.342 e. The number of hydrogen-bond donors (Lipinski definition) is 0. The highest BCUT2D eigenvalue weighted by Gasteiger charge is 2.23. The molecule has 2 heterocycles. The lowest BCUT2D eigenvalue weighted by atomic mass is 10.2. The van der Waals surface area contributed by atoms with E-state index < -0.39 is 4.92 Å². The number of ether oxygens (including phenoxy) is 1. The number of aryl methyl sites for hydroxylation is 1. The molecule has 0 aliphatic rings. The molecule has 3 rings (SSSR count). The number of rotatable bonds is 7. The van der Waals surface area contributed by atoms with E-state index in [1.165, 1.54) is 6.20 Å². The second-order valence-electron chi connectivity index (χ2n) is 6.39. The molecule has 26 heavy (non-hydrogen) atoms. The molecule has 1 atom stereocenters. The molecule has 136 valence electrons. The molecule has 0 fully saturated rings. The first-order chi connectivity index (χ1) is 12.4. The number of imidazole rings is 1. The molecular formula is C18H21N5O3. The molecule has 0 saturated heterocycles. The molecule has 1 aromatic carbocycles. The molecule has 0 aliphatic heterocycles. The van der Waals surface area contributed by atoms with Gasteiger partial charge in [0, 0.05) is 25.1 Å². The molecule has 8 nitrogen and oxygen atoms in total. The Hall–Kier alpha value is -3.00. The van der Waals surface area contributed by atoms with E-state index >= 15 is 0 Å². The highest BCUT2D eigenvalue weighted by atomic mass is 16.6. The van der Waals surface area contributed by atoms with Gasteiger partial charge in [0.2, 0.25) is 0 Å². The van der Waals surface area contributed by atoms with Crippen LogP contribution < -0.4 is 4.74 Å². The van der Waals surface area contributed by atoms with Crippen molar-refractivity contribution in [3.63, 3.8) is 0 Å². The lowest BCUT2D eigenvalue weighted by Gasteiger charge is -2.22. The van der Waals surface area contributed by atoms with Crippen molar-refractivity contribution < 1.29 is 9.66 Å². The summed E-state index contributed by atoms with van der Waals surface area (Å²) in [7, 11) is 3.88. The average Bonchev–Trinajstić information content (AvgIpc) is 2.95. The topological polar surface area (TPSA) is 86.3 Å². The van der Waals surface area contributed by atoms with Crippen molar-refractivity contribution in [2.75, 3.05) is 20.6 Å². The van der Waals surface area contributed by atoms with Crippen LogP contribution in [0.3, 0.4) is 0 Å². The number of likely N-dealkylation sites (N-methyl/N-ethyl adjacent to an activating group) is 1. The van der Waals surface area contributed by atoms with E-state index in [0.717, 1.165) is 10.9 Å². The van der Waals surface area contributed by atoms with E-state index in [9.17, 15) is 10.1 Å². The van der Waals surface area contributed by atoms with Gasteiger partial charge >= 0.3 is 5.82 Å². The molecule has 0 amide bonds. The Kier molecular flexibility index (Phi) is 5.13. The number of hydrogen-bond acceptors (Lipinski definition) is 6. The van der Waals surface area contributed by atoms with Crippen molar-refractivity contribution in [3.05, 3.63) is 58.7 Å². The molecular weight excluding hydrogens is 334 g/mol. The molecule has 0 aliphatic carbocycles. The van der Waals surface area contributed by atoms with Gasteiger partial charge in [-0.1, -0.05) is 6.07 Å². The van der Waals surface area contributed by atoms with Crippen LogP contribution in [0.5, 0.6) is 5.75 Å². The van der Waals surface area contributed by atoms with E-state index in [0.29, 0.717) is 24.7 Å². The Morgan fingerprint density at radius 2 is 2.12 bits per heavy atom. The third-order valence-electron chi connectivity index (χ3n) is 4.05. The quantitative estimate of drug-likeness (QED) is 0.478. The van der Waals surface area contributed by atoms with Crippen molar-refractivity contribution in [2.24, 2.45) is 0 Å². The second-order valence-corrected chi connectivity index (χ2v) is 6.39. The van der Waals surface area contributed by atoms with Gasteiger partial charge < -0.3 is 19.8 Å². The Morgan fingerprint density at radius 3 is 2.85 bits per heavy atom. The van der Waals surface area contributed by atoms with Crippen LogP contribution in [0.4, 0.5) is 5.82 Å². The van der Waals surface area contributed by atoms with Gasteiger partial charge in [0.25, 0.3) is 0 Å². The molecule has 0 saturated carbocycles. The van der Waals surface area contributed by atoms with Gasteiger partial charge in [-0.15, -0.1) is 0 Å². The predicted molar refractivity (Wildman–Crippen MR) is 98.3 cm³/mol. The minimum absolute atomic E-state index is 0.0300. The molecule has 2 aromatic heterocycles. The summed E-state index contributed by atoms with van der Waals surface area (Å²) in [5.41, 5.74) is 0.894. The van der Waals surface area contributed by atoms with E-state index in [4.69, 9.17) is 4.74 Å². The summed E-state index contributed by atoms with van der Waals surface area (Å²) in [5.74, 6) is 1.27. The third kappa shape index (κ3) is 3.97. The first kappa shape index (κ1) is 17.8. The molecule has 1 unspecified atom stereocenters. The maximum atomic E-state index is 11.2. The first-order valence-corrected chi connectivity index (χ1v) is 8.26. The minimum atomic E-state index is -0.422. The van der Waals surface area contributed by atoms with Crippen LogP contribution in [0.25, 0.3) is 10.9 Å². The summed E-state index contributed by atoms with van der Waals surface area (Å²) in [6, 6.07) is 9.55. The number of benzene rings is 1. The zero-order valence-electron chi connectivity index (χ0n) is 15.0. The second kappa shape index (κ2) is 7.49. The van der Waals surface area contributed by atoms with Crippen LogP contribution in [-0.4, -0.2) is 51.1 Å². The lowest BCUT2D eigenvalue weighted by molar-refractivity contribution is -0.392. The lowest BCUT2D eigenvalue weighted by Crippen LogP contribution is -2.35. The Balaban J connectivity index is 1.86. The van der Waals surface area contributed by atoms with Crippen LogP contribution >= 0.6 is 0 Å². The van der Waals surface area contributed by atoms with Gasteiger partial charge in [0.15, 0.2) is 5.82 Å². The Labute approximate surface area is 151 Å². The SMILES string of the molecule is Cc1ncc([N+](=O)[O-])n1CC(CN(C)C)Oc1ccc2ncccc2c1. The predicted octanol–water partition coefficient (Wildman–Crippen LogP) is 2.66. The van der Waals surface area contributed by atoms with Gasteiger partial charge in [0.05, 0.1) is 5.52 Å². The van der Waals surface area contributed by atoms with Gasteiger partial charge in [0.1, 0.15) is 24.6 Å². The van der Waals surface area contributed by atoms with Gasteiger partial charge in [-0.3, -0.25) is 4.98 Å². The third-order valence-corrected chi connectivity index (χ3v) is 4.05.